The summed E-state index contributed by atoms with van der Waals surface area (Å²) >= 11 is 0. The van der Waals surface area contributed by atoms with Crippen LogP contribution >= 0.6 is 0 Å². The molecule has 0 aliphatic carbocycles. The van der Waals surface area contributed by atoms with Crippen LogP contribution in [0.25, 0.3) is 0 Å². The SMILES string of the molecule is NC(=O)C[C@H](N)C(=O)C(C(=O)O)C(=O)O. The zero-order valence-corrected chi connectivity index (χ0v) is 7.54. The lowest BCUT2D eigenvalue weighted by Crippen LogP contribution is -2.44. The molecule has 6 N–H and O–H groups in total. The van der Waals surface area contributed by atoms with Gasteiger partial charge in [-0.2, -0.15) is 0 Å². The molecular formula is C7H10N2O6. The Labute approximate surface area is 83.8 Å². The standard InChI is InChI=1S/C7H10N2O6/c8-2(1-3(9)10)5(11)4(6(12)13)7(14)15/h2,4H,1,8H2,(H2,9,10)(H,12,13)(H,14,15)/t2-/m0/s1. The van der Waals surface area contributed by atoms with E-state index in [1.165, 1.54) is 0 Å². The van der Waals surface area contributed by atoms with Crippen LogP contribution in [0, 0.1) is 5.92 Å². The Morgan fingerprint density at radius 3 is 1.73 bits per heavy atom. The fraction of sp³-hybridized carbons (Fsp3) is 0.429. The number of rotatable bonds is 6. The molecule has 0 radical (unpaired) electrons. The van der Waals surface area contributed by atoms with Gasteiger partial charge in [0.1, 0.15) is 0 Å². The summed E-state index contributed by atoms with van der Waals surface area (Å²) in [6.07, 6.45) is -0.587. The highest BCUT2D eigenvalue weighted by atomic mass is 16.4. The molecule has 0 saturated heterocycles. The summed E-state index contributed by atoms with van der Waals surface area (Å²) in [5.41, 5.74) is 9.84. The minimum Gasteiger partial charge on any atom is -0.480 e. The second-order valence-corrected chi connectivity index (χ2v) is 2.79. The molecule has 0 bridgehead atoms. The zero-order chi connectivity index (χ0) is 12.2. The van der Waals surface area contributed by atoms with Crippen LogP contribution in [0.15, 0.2) is 0 Å². The van der Waals surface area contributed by atoms with Crippen molar-refractivity contribution in [3.63, 3.8) is 0 Å². The number of nitrogens with two attached hydrogens (primary N) is 2. The highest BCUT2D eigenvalue weighted by molar-refractivity contribution is 6.16. The number of amides is 1. The van der Waals surface area contributed by atoms with Gasteiger partial charge in [0.25, 0.3) is 0 Å². The van der Waals surface area contributed by atoms with Gasteiger partial charge in [0.2, 0.25) is 11.8 Å². The number of primary amides is 1. The van der Waals surface area contributed by atoms with Crippen molar-refractivity contribution in [3.05, 3.63) is 0 Å². The van der Waals surface area contributed by atoms with Crippen LogP contribution in [-0.4, -0.2) is 39.9 Å². The monoisotopic (exact) mass is 218 g/mol. The van der Waals surface area contributed by atoms with E-state index in [0.29, 0.717) is 0 Å². The fourth-order valence-corrected chi connectivity index (χ4v) is 0.880. The second-order valence-electron chi connectivity index (χ2n) is 2.79. The van der Waals surface area contributed by atoms with Crippen LogP contribution in [0.3, 0.4) is 0 Å². The summed E-state index contributed by atoms with van der Waals surface area (Å²) < 4.78 is 0. The number of carboxylic acid groups (broad SMARTS) is 2. The van der Waals surface area contributed by atoms with E-state index < -0.39 is 42.0 Å². The summed E-state index contributed by atoms with van der Waals surface area (Å²) in [7, 11) is 0. The summed E-state index contributed by atoms with van der Waals surface area (Å²) in [5.74, 6) is -8.08. The first-order valence-corrected chi connectivity index (χ1v) is 3.80. The molecule has 0 unspecified atom stereocenters. The first kappa shape index (κ1) is 13.0. The minimum absolute atomic E-state index is 0.587. The van der Waals surface area contributed by atoms with Crippen LogP contribution in [-0.2, 0) is 19.2 Å². The molecule has 0 rings (SSSR count). The molecule has 0 aromatic rings. The van der Waals surface area contributed by atoms with E-state index in [1.54, 1.807) is 0 Å². The second kappa shape index (κ2) is 5.05. The van der Waals surface area contributed by atoms with E-state index in [1.807, 2.05) is 0 Å². The molecule has 0 saturated carbocycles. The summed E-state index contributed by atoms with van der Waals surface area (Å²) in [5, 5.41) is 16.8. The van der Waals surface area contributed by atoms with Gasteiger partial charge in [-0.05, 0) is 0 Å². The Balaban J connectivity index is 4.72. The lowest BCUT2D eigenvalue weighted by molar-refractivity contribution is -0.158. The molecule has 1 amide bonds. The smallest absolute Gasteiger partial charge is 0.325 e. The van der Waals surface area contributed by atoms with E-state index in [0.717, 1.165) is 0 Å². The molecule has 8 nitrogen and oxygen atoms in total. The first-order valence-electron chi connectivity index (χ1n) is 3.80. The van der Waals surface area contributed by atoms with Crippen LogP contribution in [0.1, 0.15) is 6.42 Å². The van der Waals surface area contributed by atoms with Gasteiger partial charge in [0.15, 0.2) is 5.78 Å². The molecule has 0 aliphatic rings. The number of carbonyl (C=O) groups is 4. The van der Waals surface area contributed by atoms with Gasteiger partial charge in [-0.25, -0.2) is 0 Å². The van der Waals surface area contributed by atoms with Gasteiger partial charge in [-0.3, -0.25) is 19.2 Å². The van der Waals surface area contributed by atoms with Crippen molar-refractivity contribution in [1.29, 1.82) is 0 Å². The van der Waals surface area contributed by atoms with Gasteiger partial charge in [0.05, 0.1) is 6.04 Å². The lowest BCUT2D eigenvalue weighted by Gasteiger charge is -2.11. The fourth-order valence-electron chi connectivity index (χ4n) is 0.880. The number of carboxylic acids is 2. The van der Waals surface area contributed by atoms with E-state index in [4.69, 9.17) is 21.7 Å². The molecule has 0 aliphatic heterocycles. The number of hydrogen-bond acceptors (Lipinski definition) is 5. The van der Waals surface area contributed by atoms with Gasteiger partial charge < -0.3 is 21.7 Å². The molecule has 1 atom stereocenters. The van der Waals surface area contributed by atoms with E-state index in [9.17, 15) is 19.2 Å². The van der Waals surface area contributed by atoms with E-state index in [2.05, 4.69) is 0 Å². The summed E-state index contributed by atoms with van der Waals surface area (Å²) in [6, 6.07) is -1.51. The largest absolute Gasteiger partial charge is 0.480 e. The molecule has 0 fully saturated rings. The Morgan fingerprint density at radius 1 is 1.07 bits per heavy atom. The molecule has 84 valence electrons. The maximum atomic E-state index is 11.2. The van der Waals surface area contributed by atoms with E-state index >= 15 is 0 Å². The maximum Gasteiger partial charge on any atom is 0.325 e. The highest BCUT2D eigenvalue weighted by Crippen LogP contribution is 2.04. The first-order chi connectivity index (χ1) is 6.77. The Morgan fingerprint density at radius 2 is 1.47 bits per heavy atom. The van der Waals surface area contributed by atoms with Crippen molar-refractivity contribution in [2.45, 2.75) is 12.5 Å². The highest BCUT2D eigenvalue weighted by Gasteiger charge is 2.37. The van der Waals surface area contributed by atoms with Gasteiger partial charge in [0, 0.05) is 6.42 Å². The maximum absolute atomic E-state index is 11.2. The third-order valence-electron chi connectivity index (χ3n) is 1.56. The van der Waals surface area contributed by atoms with Crippen molar-refractivity contribution in [2.24, 2.45) is 17.4 Å². The van der Waals surface area contributed by atoms with Gasteiger partial charge >= 0.3 is 11.9 Å². The number of hydrogen-bond donors (Lipinski definition) is 4. The molecule has 0 aromatic carbocycles. The van der Waals surface area contributed by atoms with Crippen molar-refractivity contribution < 1.29 is 29.4 Å². The molecule has 0 spiro atoms. The normalized spacial score (nSPS) is 12.1. The average Bonchev–Trinajstić information content (AvgIpc) is 2.00. The number of aliphatic carboxylic acids is 2. The van der Waals surface area contributed by atoms with Crippen molar-refractivity contribution in [1.82, 2.24) is 0 Å². The Kier molecular flexibility index (Phi) is 4.39. The number of ketones is 1. The van der Waals surface area contributed by atoms with Crippen molar-refractivity contribution >= 4 is 23.6 Å². The Bertz CT molecular complexity index is 299. The van der Waals surface area contributed by atoms with Crippen molar-refractivity contribution in [2.75, 3.05) is 0 Å². The lowest BCUT2D eigenvalue weighted by atomic mass is 9.96. The zero-order valence-electron chi connectivity index (χ0n) is 7.54. The third-order valence-corrected chi connectivity index (χ3v) is 1.56. The molecule has 15 heavy (non-hydrogen) atoms. The van der Waals surface area contributed by atoms with Crippen LogP contribution in [0.5, 0.6) is 0 Å². The van der Waals surface area contributed by atoms with Crippen LogP contribution in [0.4, 0.5) is 0 Å². The number of carbonyl (C=O) groups excluding carboxylic acids is 2. The molecular weight excluding hydrogens is 208 g/mol. The predicted octanol–water partition coefficient (Wildman–Crippen LogP) is -2.46. The topological polar surface area (TPSA) is 161 Å². The molecule has 0 aromatic heterocycles. The molecule has 8 heteroatoms. The van der Waals surface area contributed by atoms with Crippen molar-refractivity contribution in [3.8, 4) is 0 Å². The summed E-state index contributed by atoms with van der Waals surface area (Å²) in [4.78, 5) is 42.3. The van der Waals surface area contributed by atoms with Gasteiger partial charge in [-0.1, -0.05) is 0 Å². The third kappa shape index (κ3) is 3.73. The Hall–Kier alpha value is -1.96. The van der Waals surface area contributed by atoms with E-state index in [-0.39, 0.29) is 0 Å². The van der Waals surface area contributed by atoms with Crippen LogP contribution in [0.2, 0.25) is 0 Å². The van der Waals surface area contributed by atoms with Gasteiger partial charge in [-0.15, -0.1) is 0 Å². The number of Topliss-reactive ketones (excluding diaryl/α,β-unsaturated/α-hetero) is 1. The summed E-state index contributed by atoms with van der Waals surface area (Å²) in [6.45, 7) is 0. The minimum atomic E-state index is -2.26. The average molecular weight is 218 g/mol. The quantitative estimate of drug-likeness (QED) is 0.359. The molecule has 0 heterocycles. The predicted molar refractivity (Wildman–Crippen MR) is 45.6 cm³/mol. The van der Waals surface area contributed by atoms with Crippen LogP contribution < -0.4 is 11.5 Å².